The van der Waals surface area contributed by atoms with Crippen LogP contribution in [0.2, 0.25) is 0 Å². The molecule has 1 aromatic heterocycles. The van der Waals surface area contributed by atoms with Crippen LogP contribution in [0.5, 0.6) is 0 Å². The standard InChI is InChI=1S/C15H26N4OS.HI/c1-12-11-21-14(19-12)6-8-18-15(16-2)17-7-3-9-20-10-13-4-5-13;/h11,13H,3-10H2,1-2H3,(H2,16,17,18);1H. The lowest BCUT2D eigenvalue weighted by Crippen LogP contribution is -2.39. The molecule has 1 aliphatic carbocycles. The number of hydrogen-bond acceptors (Lipinski definition) is 4. The smallest absolute Gasteiger partial charge is 0.190 e. The maximum atomic E-state index is 5.61. The molecule has 126 valence electrons. The van der Waals surface area contributed by atoms with Gasteiger partial charge >= 0.3 is 0 Å². The molecule has 2 rings (SSSR count). The van der Waals surface area contributed by atoms with Crippen LogP contribution in [0, 0.1) is 12.8 Å². The zero-order valence-electron chi connectivity index (χ0n) is 13.4. The second kappa shape index (κ2) is 11.2. The van der Waals surface area contributed by atoms with Crippen molar-refractivity contribution in [3.05, 3.63) is 16.1 Å². The Hall–Kier alpha value is -0.410. The maximum absolute atomic E-state index is 5.61. The minimum atomic E-state index is 0. The third-order valence-electron chi connectivity index (χ3n) is 3.33. The molecule has 2 N–H and O–H groups in total. The van der Waals surface area contributed by atoms with Crippen molar-refractivity contribution in [2.24, 2.45) is 10.9 Å². The number of guanidine groups is 1. The van der Waals surface area contributed by atoms with Crippen LogP contribution in [-0.4, -0.2) is 44.3 Å². The number of hydrogen-bond donors (Lipinski definition) is 2. The zero-order valence-corrected chi connectivity index (χ0v) is 16.6. The molecule has 0 aliphatic heterocycles. The van der Waals surface area contributed by atoms with Gasteiger partial charge in [0, 0.05) is 50.8 Å². The average Bonchev–Trinajstić information content (AvgIpc) is 3.22. The molecule has 0 bridgehead atoms. The van der Waals surface area contributed by atoms with Crippen molar-refractivity contribution in [3.63, 3.8) is 0 Å². The number of thiazole rings is 1. The predicted molar refractivity (Wildman–Crippen MR) is 103 cm³/mol. The van der Waals surface area contributed by atoms with Crippen molar-refractivity contribution >= 4 is 41.3 Å². The summed E-state index contributed by atoms with van der Waals surface area (Å²) in [6, 6.07) is 0. The van der Waals surface area contributed by atoms with E-state index >= 15 is 0 Å². The molecule has 1 aromatic rings. The molecular formula is C15H27IN4OS. The van der Waals surface area contributed by atoms with E-state index in [-0.39, 0.29) is 24.0 Å². The first-order valence-electron chi connectivity index (χ1n) is 7.71. The molecule has 7 heteroatoms. The summed E-state index contributed by atoms with van der Waals surface area (Å²) < 4.78 is 5.61. The quantitative estimate of drug-likeness (QED) is 0.269. The summed E-state index contributed by atoms with van der Waals surface area (Å²) in [4.78, 5) is 8.67. The summed E-state index contributed by atoms with van der Waals surface area (Å²) in [6.45, 7) is 5.55. The van der Waals surface area contributed by atoms with Gasteiger partial charge in [-0.15, -0.1) is 35.3 Å². The van der Waals surface area contributed by atoms with Gasteiger partial charge < -0.3 is 15.4 Å². The lowest BCUT2D eigenvalue weighted by molar-refractivity contribution is 0.123. The number of aliphatic imine (C=N–C) groups is 1. The molecule has 0 aromatic carbocycles. The molecule has 0 atom stereocenters. The fraction of sp³-hybridized carbons (Fsp3) is 0.733. The van der Waals surface area contributed by atoms with Crippen molar-refractivity contribution in [2.45, 2.75) is 32.6 Å². The van der Waals surface area contributed by atoms with Gasteiger partial charge in [0.2, 0.25) is 0 Å². The Balaban J connectivity index is 0.00000242. The third kappa shape index (κ3) is 8.28. The van der Waals surface area contributed by atoms with Crippen LogP contribution in [0.4, 0.5) is 0 Å². The molecule has 1 saturated carbocycles. The van der Waals surface area contributed by atoms with Crippen molar-refractivity contribution < 1.29 is 4.74 Å². The van der Waals surface area contributed by atoms with Gasteiger partial charge in [-0.2, -0.15) is 0 Å². The summed E-state index contributed by atoms with van der Waals surface area (Å²) in [6.07, 6.45) is 4.66. The molecule has 0 radical (unpaired) electrons. The van der Waals surface area contributed by atoms with Crippen molar-refractivity contribution in [1.29, 1.82) is 0 Å². The number of nitrogens with one attached hydrogen (secondary N) is 2. The average molecular weight is 438 g/mol. The van der Waals surface area contributed by atoms with E-state index in [2.05, 4.69) is 26.0 Å². The summed E-state index contributed by atoms with van der Waals surface area (Å²) >= 11 is 1.72. The van der Waals surface area contributed by atoms with Gasteiger partial charge in [0.05, 0.1) is 5.01 Å². The van der Waals surface area contributed by atoms with Crippen molar-refractivity contribution in [2.75, 3.05) is 33.4 Å². The molecule has 0 amide bonds. The van der Waals surface area contributed by atoms with Crippen LogP contribution < -0.4 is 10.6 Å². The molecule has 1 fully saturated rings. The summed E-state index contributed by atoms with van der Waals surface area (Å²) in [5.41, 5.74) is 1.10. The molecule has 1 heterocycles. The Morgan fingerprint density at radius 1 is 1.41 bits per heavy atom. The fourth-order valence-electron chi connectivity index (χ4n) is 1.94. The van der Waals surface area contributed by atoms with Crippen molar-refractivity contribution in [1.82, 2.24) is 15.6 Å². The molecule has 22 heavy (non-hydrogen) atoms. The topological polar surface area (TPSA) is 58.5 Å². The van der Waals surface area contributed by atoms with Gasteiger partial charge in [-0.25, -0.2) is 4.98 Å². The van der Waals surface area contributed by atoms with Gasteiger partial charge in [-0.05, 0) is 32.1 Å². The molecule has 0 saturated heterocycles. The Kier molecular flexibility index (Phi) is 9.98. The highest BCUT2D eigenvalue weighted by molar-refractivity contribution is 14.0. The van der Waals surface area contributed by atoms with Crippen LogP contribution in [0.3, 0.4) is 0 Å². The van der Waals surface area contributed by atoms with Gasteiger partial charge in [-0.1, -0.05) is 0 Å². The second-order valence-corrected chi connectivity index (χ2v) is 6.37. The van der Waals surface area contributed by atoms with Gasteiger partial charge in [0.1, 0.15) is 0 Å². The largest absolute Gasteiger partial charge is 0.381 e. The number of aryl methyl sites for hydroxylation is 1. The lowest BCUT2D eigenvalue weighted by atomic mass is 10.4. The normalized spacial score (nSPS) is 14.5. The van der Waals surface area contributed by atoms with E-state index in [4.69, 9.17) is 4.74 Å². The predicted octanol–water partition coefficient (Wildman–Crippen LogP) is 2.59. The fourth-order valence-corrected chi connectivity index (χ4v) is 2.72. The van der Waals surface area contributed by atoms with Crippen LogP contribution in [0.25, 0.3) is 0 Å². The highest BCUT2D eigenvalue weighted by Gasteiger charge is 2.20. The van der Waals surface area contributed by atoms with Gasteiger partial charge in [-0.3, -0.25) is 4.99 Å². The molecule has 0 spiro atoms. The molecule has 1 aliphatic rings. The summed E-state index contributed by atoms with van der Waals surface area (Å²) in [5.74, 6) is 1.70. The van der Waals surface area contributed by atoms with E-state index < -0.39 is 0 Å². The Bertz CT molecular complexity index is 449. The van der Waals surface area contributed by atoms with E-state index in [0.717, 1.165) is 56.7 Å². The van der Waals surface area contributed by atoms with Crippen molar-refractivity contribution in [3.8, 4) is 0 Å². The second-order valence-electron chi connectivity index (χ2n) is 5.43. The zero-order chi connectivity index (χ0) is 14.9. The number of rotatable bonds is 9. The molecule has 0 unspecified atom stereocenters. The summed E-state index contributed by atoms with van der Waals surface area (Å²) in [7, 11) is 1.80. The van der Waals surface area contributed by atoms with E-state index in [1.807, 2.05) is 6.92 Å². The number of ether oxygens (including phenoxy) is 1. The Labute approximate surface area is 154 Å². The van der Waals surface area contributed by atoms with Gasteiger partial charge in [0.25, 0.3) is 0 Å². The monoisotopic (exact) mass is 438 g/mol. The van der Waals surface area contributed by atoms with E-state index in [9.17, 15) is 0 Å². The number of nitrogens with zero attached hydrogens (tertiary/aromatic N) is 2. The Morgan fingerprint density at radius 2 is 2.18 bits per heavy atom. The van der Waals surface area contributed by atoms with Gasteiger partial charge in [0.15, 0.2) is 5.96 Å². The number of aromatic nitrogens is 1. The highest BCUT2D eigenvalue weighted by Crippen LogP contribution is 2.28. The van der Waals surface area contributed by atoms with Crippen LogP contribution in [0.1, 0.15) is 30.0 Å². The molecular weight excluding hydrogens is 411 g/mol. The minimum absolute atomic E-state index is 0. The van der Waals surface area contributed by atoms with E-state index in [0.29, 0.717) is 0 Å². The van der Waals surface area contributed by atoms with Crippen LogP contribution >= 0.6 is 35.3 Å². The highest BCUT2D eigenvalue weighted by atomic mass is 127. The first kappa shape index (κ1) is 19.6. The molecule has 5 nitrogen and oxygen atoms in total. The number of halogens is 1. The first-order chi connectivity index (χ1) is 10.3. The van der Waals surface area contributed by atoms with E-state index in [1.165, 1.54) is 17.8 Å². The summed E-state index contributed by atoms with van der Waals surface area (Å²) in [5, 5.41) is 9.88. The minimum Gasteiger partial charge on any atom is -0.381 e. The van der Waals surface area contributed by atoms with E-state index in [1.54, 1.807) is 18.4 Å². The first-order valence-corrected chi connectivity index (χ1v) is 8.59. The Morgan fingerprint density at radius 3 is 2.82 bits per heavy atom. The van der Waals surface area contributed by atoms with Crippen LogP contribution in [-0.2, 0) is 11.2 Å². The van der Waals surface area contributed by atoms with Crippen LogP contribution in [0.15, 0.2) is 10.4 Å². The maximum Gasteiger partial charge on any atom is 0.190 e. The SMILES string of the molecule is CN=C(NCCCOCC1CC1)NCCc1nc(C)cs1.I. The third-order valence-corrected chi connectivity index (χ3v) is 4.36. The lowest BCUT2D eigenvalue weighted by Gasteiger charge is -2.11.